The molecule has 0 unspecified atom stereocenters. The second-order valence-corrected chi connectivity index (χ2v) is 11.5. The summed E-state index contributed by atoms with van der Waals surface area (Å²) in [6, 6.07) is 19.5. The predicted octanol–water partition coefficient (Wildman–Crippen LogP) is 6.07. The second kappa shape index (κ2) is 11.4. The van der Waals surface area contributed by atoms with Crippen molar-refractivity contribution in [1.29, 1.82) is 0 Å². The zero-order valence-electron chi connectivity index (χ0n) is 21.6. The summed E-state index contributed by atoms with van der Waals surface area (Å²) in [6.45, 7) is 6.81. The van der Waals surface area contributed by atoms with Gasteiger partial charge >= 0.3 is 6.18 Å². The molecule has 0 aliphatic rings. The number of sulfonamides is 1. The molecule has 3 aromatic rings. The van der Waals surface area contributed by atoms with Crippen LogP contribution in [0.3, 0.4) is 0 Å². The van der Waals surface area contributed by atoms with Gasteiger partial charge in [-0.05, 0) is 61.6 Å². The molecular formula is C28H30F3N3O3S. The van der Waals surface area contributed by atoms with Crippen LogP contribution in [-0.2, 0) is 26.4 Å². The van der Waals surface area contributed by atoms with Crippen LogP contribution < -0.4 is 9.73 Å². The summed E-state index contributed by atoms with van der Waals surface area (Å²) >= 11 is 0. The van der Waals surface area contributed by atoms with Gasteiger partial charge in [0.15, 0.2) is 0 Å². The highest BCUT2D eigenvalue weighted by Crippen LogP contribution is 2.33. The molecule has 1 amide bonds. The minimum atomic E-state index is -4.69. The average molecular weight is 546 g/mol. The third-order valence-corrected chi connectivity index (χ3v) is 7.77. The molecule has 0 fully saturated rings. The van der Waals surface area contributed by atoms with E-state index in [1.54, 1.807) is 26.0 Å². The zero-order valence-corrected chi connectivity index (χ0v) is 22.4. The van der Waals surface area contributed by atoms with Crippen LogP contribution in [0.1, 0.15) is 43.9 Å². The van der Waals surface area contributed by atoms with Crippen molar-refractivity contribution in [2.45, 2.75) is 50.6 Å². The van der Waals surface area contributed by atoms with Crippen LogP contribution in [0.4, 0.5) is 18.9 Å². The van der Waals surface area contributed by atoms with Crippen molar-refractivity contribution in [2.24, 2.45) is 5.10 Å². The maximum absolute atomic E-state index is 13.5. The minimum Gasteiger partial charge on any atom is -0.271 e. The average Bonchev–Trinajstić information content (AvgIpc) is 2.86. The Kier molecular flexibility index (Phi) is 8.66. The number of nitrogens with zero attached hydrogens (tertiary/aromatic N) is 2. The van der Waals surface area contributed by atoms with Gasteiger partial charge in [-0.15, -0.1) is 0 Å². The van der Waals surface area contributed by atoms with Crippen molar-refractivity contribution >= 4 is 27.3 Å². The molecule has 0 saturated heterocycles. The second-order valence-electron chi connectivity index (χ2n) is 9.68. The molecule has 0 aliphatic heterocycles. The van der Waals surface area contributed by atoms with Crippen LogP contribution in [0.15, 0.2) is 88.9 Å². The highest BCUT2D eigenvalue weighted by Gasteiger charge is 2.33. The van der Waals surface area contributed by atoms with Crippen molar-refractivity contribution in [1.82, 2.24) is 5.43 Å². The molecule has 0 atom stereocenters. The Morgan fingerprint density at radius 3 is 2.13 bits per heavy atom. The number of hydrogen-bond acceptors (Lipinski definition) is 4. The van der Waals surface area contributed by atoms with Gasteiger partial charge in [-0.25, -0.2) is 13.8 Å². The minimum absolute atomic E-state index is 0.155. The third-order valence-electron chi connectivity index (χ3n) is 5.98. The SMILES string of the molecule is C/C(CC(C)(C)c1ccccc1)=N/NC(=O)CN(c1cccc(C(F)(F)F)c1)S(=O)(=O)c1ccc(C)cc1. The van der Waals surface area contributed by atoms with Crippen LogP contribution in [0, 0.1) is 6.92 Å². The van der Waals surface area contributed by atoms with E-state index in [-0.39, 0.29) is 16.0 Å². The fraction of sp³-hybridized carbons (Fsp3) is 0.286. The summed E-state index contributed by atoms with van der Waals surface area (Å²) in [4.78, 5) is 12.7. The molecule has 0 bridgehead atoms. The molecule has 3 rings (SSSR count). The van der Waals surface area contributed by atoms with E-state index < -0.39 is 34.2 Å². The Hall–Kier alpha value is -3.66. The molecule has 0 aliphatic carbocycles. The number of nitrogens with one attached hydrogen (secondary N) is 1. The Labute approximate surface area is 221 Å². The summed E-state index contributed by atoms with van der Waals surface area (Å²) in [5, 5.41) is 4.12. The normalized spacial score (nSPS) is 12.8. The topological polar surface area (TPSA) is 78.8 Å². The summed E-state index contributed by atoms with van der Waals surface area (Å²) < 4.78 is 67.6. The molecule has 38 heavy (non-hydrogen) atoms. The highest BCUT2D eigenvalue weighted by atomic mass is 32.2. The lowest BCUT2D eigenvalue weighted by molar-refractivity contribution is -0.137. The van der Waals surface area contributed by atoms with Crippen LogP contribution >= 0.6 is 0 Å². The summed E-state index contributed by atoms with van der Waals surface area (Å²) in [5.41, 5.74) is 3.24. The fourth-order valence-electron chi connectivity index (χ4n) is 3.98. The Morgan fingerprint density at radius 2 is 1.53 bits per heavy atom. The summed E-state index contributed by atoms with van der Waals surface area (Å²) in [7, 11) is -4.37. The number of carbonyl (C=O) groups excluding carboxylic acids is 1. The lowest BCUT2D eigenvalue weighted by Gasteiger charge is -2.25. The monoisotopic (exact) mass is 545 g/mol. The summed E-state index contributed by atoms with van der Waals surface area (Å²) in [6.07, 6.45) is -4.18. The van der Waals surface area contributed by atoms with E-state index in [4.69, 9.17) is 0 Å². The van der Waals surface area contributed by atoms with Crippen LogP contribution in [0.2, 0.25) is 0 Å². The van der Waals surface area contributed by atoms with Gasteiger partial charge in [-0.3, -0.25) is 9.10 Å². The van der Waals surface area contributed by atoms with Gasteiger partial charge in [0.05, 0.1) is 16.1 Å². The van der Waals surface area contributed by atoms with E-state index in [9.17, 15) is 26.4 Å². The van der Waals surface area contributed by atoms with Crippen LogP contribution in [0.25, 0.3) is 0 Å². The number of anilines is 1. The van der Waals surface area contributed by atoms with E-state index >= 15 is 0 Å². The first-order valence-electron chi connectivity index (χ1n) is 11.8. The molecular weight excluding hydrogens is 515 g/mol. The first kappa shape index (κ1) is 28.9. The largest absolute Gasteiger partial charge is 0.416 e. The molecule has 0 heterocycles. The van der Waals surface area contributed by atoms with E-state index in [0.717, 1.165) is 23.3 Å². The number of rotatable bonds is 9. The van der Waals surface area contributed by atoms with Crippen LogP contribution in [0.5, 0.6) is 0 Å². The Bertz CT molecular complexity index is 1400. The van der Waals surface area contributed by atoms with Crippen molar-refractivity contribution in [3.8, 4) is 0 Å². The van der Waals surface area contributed by atoms with Gasteiger partial charge in [0.1, 0.15) is 6.54 Å². The van der Waals surface area contributed by atoms with Crippen molar-refractivity contribution in [3.05, 3.63) is 95.6 Å². The van der Waals surface area contributed by atoms with Gasteiger partial charge in [0, 0.05) is 5.71 Å². The third kappa shape index (κ3) is 7.22. The number of hydrogen-bond donors (Lipinski definition) is 1. The number of hydrazone groups is 1. The van der Waals surface area contributed by atoms with E-state index in [2.05, 4.69) is 10.5 Å². The van der Waals surface area contributed by atoms with Gasteiger partial charge in [0.25, 0.3) is 15.9 Å². The lowest BCUT2D eigenvalue weighted by Crippen LogP contribution is -2.40. The van der Waals surface area contributed by atoms with Crippen molar-refractivity contribution in [2.75, 3.05) is 10.8 Å². The number of benzene rings is 3. The fourth-order valence-corrected chi connectivity index (χ4v) is 5.40. The van der Waals surface area contributed by atoms with Gasteiger partial charge in [-0.1, -0.05) is 67.9 Å². The van der Waals surface area contributed by atoms with E-state index in [1.807, 2.05) is 44.2 Å². The maximum atomic E-state index is 13.5. The molecule has 0 saturated carbocycles. The first-order chi connectivity index (χ1) is 17.7. The molecule has 0 aromatic heterocycles. The number of alkyl halides is 3. The molecule has 0 radical (unpaired) electrons. The van der Waals surface area contributed by atoms with Gasteiger partial charge < -0.3 is 0 Å². The molecule has 10 heteroatoms. The standard InChI is InChI=1S/C28H30F3N3O3S/c1-20-13-15-25(16-14-20)38(36,37)34(24-12-8-11-23(17-24)28(29,30)31)19-26(35)33-32-21(2)18-27(3,4)22-9-6-5-7-10-22/h5-17H,18-19H2,1-4H3,(H,33,35)/b32-21-. The number of carbonyl (C=O) groups is 1. The molecule has 6 nitrogen and oxygen atoms in total. The predicted molar refractivity (Wildman–Crippen MR) is 142 cm³/mol. The number of aryl methyl sites for hydroxylation is 1. The molecule has 202 valence electrons. The van der Waals surface area contributed by atoms with Crippen LogP contribution in [-0.4, -0.2) is 26.6 Å². The molecule has 3 aromatic carbocycles. The highest BCUT2D eigenvalue weighted by molar-refractivity contribution is 7.92. The number of halogens is 3. The Balaban J connectivity index is 1.87. The quantitative estimate of drug-likeness (QED) is 0.262. The smallest absolute Gasteiger partial charge is 0.271 e. The van der Waals surface area contributed by atoms with Crippen molar-refractivity contribution < 1.29 is 26.4 Å². The van der Waals surface area contributed by atoms with Gasteiger partial charge in [-0.2, -0.15) is 18.3 Å². The summed E-state index contributed by atoms with van der Waals surface area (Å²) in [5.74, 6) is -0.796. The first-order valence-corrected chi connectivity index (χ1v) is 13.3. The van der Waals surface area contributed by atoms with E-state index in [0.29, 0.717) is 22.5 Å². The van der Waals surface area contributed by atoms with Crippen molar-refractivity contribution in [3.63, 3.8) is 0 Å². The number of amides is 1. The molecule has 0 spiro atoms. The maximum Gasteiger partial charge on any atom is 0.416 e. The van der Waals surface area contributed by atoms with Gasteiger partial charge in [0.2, 0.25) is 0 Å². The zero-order chi connectivity index (χ0) is 28.1. The Morgan fingerprint density at radius 1 is 0.921 bits per heavy atom. The molecule has 1 N–H and O–H groups in total. The van der Waals surface area contributed by atoms with E-state index in [1.165, 1.54) is 18.2 Å². The lowest BCUT2D eigenvalue weighted by atomic mass is 9.80.